The topological polar surface area (TPSA) is 54.5 Å². The molecule has 0 saturated heterocycles. The molecule has 8 heteroatoms. The third kappa shape index (κ3) is 2.33. The maximum Gasteiger partial charge on any atom is 0.419 e. The number of rotatable bonds is 2. The van der Waals surface area contributed by atoms with Gasteiger partial charge in [0.05, 0.1) is 11.4 Å². The number of H-pyrrole nitrogens is 1. The lowest BCUT2D eigenvalue weighted by Crippen LogP contribution is -2.10. The molecule has 0 aliphatic heterocycles. The van der Waals surface area contributed by atoms with E-state index in [1.165, 1.54) is 18.0 Å². The summed E-state index contributed by atoms with van der Waals surface area (Å²) >= 11 is 1.19. The first-order chi connectivity index (χ1) is 8.43. The van der Waals surface area contributed by atoms with E-state index in [1.54, 1.807) is 13.2 Å². The molecule has 2 aromatic heterocycles. The Morgan fingerprint density at radius 1 is 1.33 bits per heavy atom. The van der Waals surface area contributed by atoms with E-state index in [2.05, 4.69) is 20.2 Å². The summed E-state index contributed by atoms with van der Waals surface area (Å²) in [5.41, 5.74) is -0.204. The van der Waals surface area contributed by atoms with Crippen molar-refractivity contribution in [2.24, 2.45) is 0 Å². The molecule has 0 aromatic carbocycles. The number of nitrogens with one attached hydrogen (secondary N) is 1. The first-order valence-corrected chi connectivity index (χ1v) is 6.15. The number of aromatic amines is 1. The minimum Gasteiger partial charge on any atom is -0.285 e. The molecule has 0 fully saturated rings. The van der Waals surface area contributed by atoms with E-state index in [1.807, 2.05) is 0 Å². The van der Waals surface area contributed by atoms with Crippen LogP contribution < -0.4 is 0 Å². The van der Waals surface area contributed by atoms with Gasteiger partial charge >= 0.3 is 6.18 Å². The zero-order chi connectivity index (χ0) is 13.3. The summed E-state index contributed by atoms with van der Waals surface area (Å²) in [7, 11) is 0. The molecule has 0 spiro atoms. The zero-order valence-electron chi connectivity index (χ0n) is 9.54. The Bertz CT molecular complexity index is 564. The van der Waals surface area contributed by atoms with Crippen LogP contribution in [0.25, 0.3) is 11.3 Å². The summed E-state index contributed by atoms with van der Waals surface area (Å²) in [6.07, 6.45) is -0.581. The molecule has 0 bridgehead atoms. The lowest BCUT2D eigenvalue weighted by atomic mass is 10.1. The van der Waals surface area contributed by atoms with Crippen molar-refractivity contribution in [1.82, 2.24) is 20.2 Å². The SMILES string of the molecule is CSc1ncc(C(F)(F)F)c(-c2c[nH]nc2C)n1. The van der Waals surface area contributed by atoms with Crippen LogP contribution in [0.2, 0.25) is 0 Å². The highest BCUT2D eigenvalue weighted by Crippen LogP contribution is 2.36. The predicted octanol–water partition coefficient (Wildman–Crippen LogP) is 2.92. The van der Waals surface area contributed by atoms with Gasteiger partial charge in [0.15, 0.2) is 5.16 Å². The monoisotopic (exact) mass is 274 g/mol. The number of aromatic nitrogens is 4. The van der Waals surface area contributed by atoms with E-state index in [0.717, 1.165) is 6.20 Å². The van der Waals surface area contributed by atoms with Crippen LogP contribution >= 0.6 is 11.8 Å². The highest BCUT2D eigenvalue weighted by atomic mass is 32.2. The van der Waals surface area contributed by atoms with Crippen molar-refractivity contribution in [2.45, 2.75) is 18.3 Å². The van der Waals surface area contributed by atoms with Crippen LogP contribution in [0, 0.1) is 6.92 Å². The second kappa shape index (κ2) is 4.60. The number of alkyl halides is 3. The van der Waals surface area contributed by atoms with Crippen molar-refractivity contribution in [2.75, 3.05) is 6.26 Å². The second-order valence-corrected chi connectivity index (χ2v) is 4.27. The number of hydrogen-bond acceptors (Lipinski definition) is 4. The summed E-state index contributed by atoms with van der Waals surface area (Å²) in [5, 5.41) is 6.63. The van der Waals surface area contributed by atoms with Crippen molar-refractivity contribution < 1.29 is 13.2 Å². The van der Waals surface area contributed by atoms with Crippen LogP contribution in [-0.4, -0.2) is 26.4 Å². The quantitative estimate of drug-likeness (QED) is 0.675. The van der Waals surface area contributed by atoms with Crippen molar-refractivity contribution in [3.8, 4) is 11.3 Å². The molecular weight excluding hydrogens is 265 g/mol. The van der Waals surface area contributed by atoms with Gasteiger partial charge in [0, 0.05) is 18.0 Å². The molecule has 0 saturated carbocycles. The molecule has 0 atom stereocenters. The Hall–Kier alpha value is -1.57. The number of thioether (sulfide) groups is 1. The molecule has 96 valence electrons. The van der Waals surface area contributed by atoms with Crippen LogP contribution in [0.5, 0.6) is 0 Å². The average Bonchev–Trinajstić information content (AvgIpc) is 2.73. The van der Waals surface area contributed by atoms with Crippen molar-refractivity contribution >= 4 is 11.8 Å². The minimum absolute atomic E-state index is 0.145. The third-order valence-electron chi connectivity index (χ3n) is 2.34. The molecule has 4 nitrogen and oxygen atoms in total. The van der Waals surface area contributed by atoms with Gasteiger partial charge in [-0.1, -0.05) is 11.8 Å². The fourth-order valence-electron chi connectivity index (χ4n) is 1.47. The first kappa shape index (κ1) is 12.9. The second-order valence-electron chi connectivity index (χ2n) is 3.50. The fraction of sp³-hybridized carbons (Fsp3) is 0.300. The van der Waals surface area contributed by atoms with Gasteiger partial charge in [-0.05, 0) is 13.2 Å². The maximum absolute atomic E-state index is 12.9. The van der Waals surface area contributed by atoms with Crippen molar-refractivity contribution in [3.63, 3.8) is 0 Å². The largest absolute Gasteiger partial charge is 0.419 e. The number of hydrogen-bond donors (Lipinski definition) is 1. The summed E-state index contributed by atoms with van der Waals surface area (Å²) < 4.78 is 38.7. The fourth-order valence-corrected chi connectivity index (χ4v) is 1.82. The number of halogens is 3. The number of nitrogens with zero attached hydrogens (tertiary/aromatic N) is 3. The molecule has 0 unspecified atom stereocenters. The van der Waals surface area contributed by atoms with Gasteiger partial charge < -0.3 is 0 Å². The van der Waals surface area contributed by atoms with E-state index < -0.39 is 11.7 Å². The Balaban J connectivity index is 2.66. The predicted molar refractivity (Wildman–Crippen MR) is 61.1 cm³/mol. The molecule has 0 aliphatic carbocycles. The lowest BCUT2D eigenvalue weighted by molar-refractivity contribution is -0.137. The molecule has 0 radical (unpaired) electrons. The zero-order valence-corrected chi connectivity index (χ0v) is 10.4. The van der Waals surface area contributed by atoms with Crippen molar-refractivity contribution in [1.29, 1.82) is 0 Å². The normalized spacial score (nSPS) is 11.8. The average molecular weight is 274 g/mol. The molecule has 2 heterocycles. The summed E-state index contributed by atoms with van der Waals surface area (Å²) in [6.45, 7) is 1.62. The van der Waals surface area contributed by atoms with Gasteiger partial charge in [-0.3, -0.25) is 5.10 Å². The lowest BCUT2D eigenvalue weighted by Gasteiger charge is -2.11. The van der Waals surface area contributed by atoms with Crippen LogP contribution in [0.15, 0.2) is 17.6 Å². The summed E-state index contributed by atoms with van der Waals surface area (Å²) in [6, 6.07) is 0. The Morgan fingerprint density at radius 3 is 2.56 bits per heavy atom. The van der Waals surface area contributed by atoms with Crippen LogP contribution in [0.3, 0.4) is 0 Å². The summed E-state index contributed by atoms with van der Waals surface area (Å²) in [4.78, 5) is 7.60. The van der Waals surface area contributed by atoms with E-state index in [-0.39, 0.29) is 5.69 Å². The summed E-state index contributed by atoms with van der Waals surface area (Å²) in [5.74, 6) is 0. The molecular formula is C10H9F3N4S. The molecule has 0 aliphatic rings. The Kier molecular flexibility index (Phi) is 3.29. The third-order valence-corrected chi connectivity index (χ3v) is 2.90. The Morgan fingerprint density at radius 2 is 2.06 bits per heavy atom. The van der Waals surface area contributed by atoms with Gasteiger partial charge in [0.25, 0.3) is 0 Å². The highest BCUT2D eigenvalue weighted by molar-refractivity contribution is 7.98. The molecule has 2 aromatic rings. The van der Waals surface area contributed by atoms with Crippen LogP contribution in [0.4, 0.5) is 13.2 Å². The molecule has 1 N–H and O–H groups in total. The van der Waals surface area contributed by atoms with Gasteiger partial charge in [0.2, 0.25) is 0 Å². The Labute approximate surface area is 105 Å². The standard InChI is InChI=1S/C10H9F3N4S/c1-5-6(3-15-17-5)8-7(10(11,12)13)4-14-9(16-8)18-2/h3-4H,1-2H3,(H,15,17). The minimum atomic E-state index is -4.49. The van der Waals surface area contributed by atoms with Gasteiger partial charge in [-0.25, -0.2) is 9.97 Å². The van der Waals surface area contributed by atoms with E-state index in [9.17, 15) is 13.2 Å². The molecule has 2 rings (SSSR count). The van der Waals surface area contributed by atoms with Gasteiger partial charge in [-0.15, -0.1) is 0 Å². The van der Waals surface area contributed by atoms with Crippen molar-refractivity contribution in [3.05, 3.63) is 23.7 Å². The molecule has 0 amide bonds. The van der Waals surface area contributed by atoms with Gasteiger partial charge in [-0.2, -0.15) is 18.3 Å². The highest BCUT2D eigenvalue weighted by Gasteiger charge is 2.36. The maximum atomic E-state index is 12.9. The van der Waals surface area contributed by atoms with Crippen LogP contribution in [-0.2, 0) is 6.18 Å². The first-order valence-electron chi connectivity index (χ1n) is 4.92. The number of aryl methyl sites for hydroxylation is 1. The van der Waals surface area contributed by atoms with E-state index >= 15 is 0 Å². The van der Waals surface area contributed by atoms with E-state index in [0.29, 0.717) is 16.4 Å². The smallest absolute Gasteiger partial charge is 0.285 e. The van der Waals surface area contributed by atoms with E-state index in [4.69, 9.17) is 0 Å². The van der Waals surface area contributed by atoms with Gasteiger partial charge in [0.1, 0.15) is 5.56 Å². The molecule has 18 heavy (non-hydrogen) atoms. The van der Waals surface area contributed by atoms with Crippen LogP contribution in [0.1, 0.15) is 11.3 Å².